The van der Waals surface area contributed by atoms with Gasteiger partial charge in [0.2, 0.25) is 0 Å². The van der Waals surface area contributed by atoms with Crippen LogP contribution >= 0.6 is 0 Å². The number of aryl methyl sites for hydroxylation is 1. The number of carboxylic acid groups (broad SMARTS) is 1. The first-order valence-corrected chi connectivity index (χ1v) is 9.83. The molecular weight excluding hydrogens is 446 g/mol. The summed E-state index contributed by atoms with van der Waals surface area (Å²) in [5, 5.41) is 23.7. The van der Waals surface area contributed by atoms with Crippen LogP contribution in [-0.2, 0) is 11.3 Å². The number of H-pyrrole nitrogens is 1. The second kappa shape index (κ2) is 8.86. The van der Waals surface area contributed by atoms with Gasteiger partial charge in [-0.3, -0.25) is 24.8 Å². The Labute approximate surface area is 190 Å². The van der Waals surface area contributed by atoms with Crippen molar-refractivity contribution < 1.29 is 24.4 Å². The second-order valence-corrected chi connectivity index (χ2v) is 7.34. The second-order valence-electron chi connectivity index (χ2n) is 7.34. The van der Waals surface area contributed by atoms with E-state index in [0.29, 0.717) is 11.4 Å². The van der Waals surface area contributed by atoms with Crippen molar-refractivity contribution in [1.82, 2.24) is 14.5 Å². The Bertz CT molecular complexity index is 1490. The fraction of sp³-hybridized carbons (Fsp3) is 0.0909. The normalized spacial score (nSPS) is 10.7. The maximum absolute atomic E-state index is 12.0. The summed E-state index contributed by atoms with van der Waals surface area (Å²) in [4.78, 5) is 52.6. The van der Waals surface area contributed by atoms with Crippen LogP contribution < -0.4 is 10.9 Å². The first kappa shape index (κ1) is 22.2. The highest BCUT2D eigenvalue weighted by molar-refractivity contribution is 5.94. The number of amides is 1. The van der Waals surface area contributed by atoms with Crippen molar-refractivity contribution in [3.05, 3.63) is 92.3 Å². The van der Waals surface area contributed by atoms with Gasteiger partial charge in [-0.05, 0) is 31.2 Å². The van der Waals surface area contributed by atoms with Crippen LogP contribution in [0.1, 0.15) is 21.6 Å². The van der Waals surface area contributed by atoms with Crippen molar-refractivity contribution in [3.8, 4) is 5.69 Å². The lowest BCUT2D eigenvalue weighted by Gasteiger charge is -2.07. The van der Waals surface area contributed by atoms with Gasteiger partial charge in [0.15, 0.2) is 0 Å². The maximum atomic E-state index is 12.0. The molecule has 0 radical (unpaired) electrons. The quantitative estimate of drug-likeness (QED) is 0.289. The molecule has 3 N–H and O–H groups in total. The predicted octanol–water partition coefficient (Wildman–Crippen LogP) is 3.38. The topological polar surface area (TPSA) is 169 Å². The number of benzene rings is 2. The zero-order chi connectivity index (χ0) is 24.4. The third kappa shape index (κ3) is 4.60. The molecule has 0 spiro atoms. The van der Waals surface area contributed by atoms with E-state index in [1.165, 1.54) is 23.2 Å². The maximum Gasteiger partial charge on any atom is 0.412 e. The Balaban J connectivity index is 1.58. The zero-order valence-electron chi connectivity index (χ0n) is 17.6. The number of nitro benzene ring substituents is 1. The van der Waals surface area contributed by atoms with Crippen molar-refractivity contribution in [2.24, 2.45) is 0 Å². The van der Waals surface area contributed by atoms with Gasteiger partial charge in [0.1, 0.15) is 17.9 Å². The summed E-state index contributed by atoms with van der Waals surface area (Å²) in [5.41, 5.74) is 0.420. The number of aromatic amines is 1. The van der Waals surface area contributed by atoms with Crippen LogP contribution in [0, 0.1) is 17.0 Å². The summed E-state index contributed by atoms with van der Waals surface area (Å²) in [6.07, 6.45) is 2.05. The van der Waals surface area contributed by atoms with E-state index in [-0.39, 0.29) is 28.9 Å². The molecule has 34 heavy (non-hydrogen) atoms. The number of nitrogens with one attached hydrogen (secondary N) is 2. The molecule has 172 valence electrons. The van der Waals surface area contributed by atoms with E-state index in [9.17, 15) is 29.6 Å². The lowest BCUT2D eigenvalue weighted by Crippen LogP contribution is -2.17. The molecule has 1 amide bonds. The van der Waals surface area contributed by atoms with Gasteiger partial charge in [-0.25, -0.2) is 14.6 Å². The molecule has 12 nitrogen and oxygen atoms in total. The Hall–Kier alpha value is -5.00. The minimum Gasteiger partial charge on any atom is -0.477 e. The Morgan fingerprint density at radius 1 is 1.24 bits per heavy atom. The molecule has 0 saturated heterocycles. The van der Waals surface area contributed by atoms with Gasteiger partial charge in [0.05, 0.1) is 22.5 Å². The lowest BCUT2D eigenvalue weighted by atomic mass is 10.1. The number of anilines is 1. The highest BCUT2D eigenvalue weighted by atomic mass is 16.6. The van der Waals surface area contributed by atoms with Gasteiger partial charge >= 0.3 is 12.1 Å². The fourth-order valence-electron chi connectivity index (χ4n) is 3.24. The predicted molar refractivity (Wildman–Crippen MR) is 120 cm³/mol. The van der Waals surface area contributed by atoms with Crippen LogP contribution in [0.3, 0.4) is 0 Å². The number of hydrogen-bond acceptors (Lipinski definition) is 7. The Morgan fingerprint density at radius 2 is 1.97 bits per heavy atom. The monoisotopic (exact) mass is 463 g/mol. The first-order valence-electron chi connectivity index (χ1n) is 9.83. The number of carbonyl (C=O) groups excluding carboxylic acids is 1. The molecular formula is C22H17N5O7. The van der Waals surface area contributed by atoms with Gasteiger partial charge in [0.25, 0.3) is 11.2 Å². The van der Waals surface area contributed by atoms with Crippen molar-refractivity contribution in [1.29, 1.82) is 0 Å². The van der Waals surface area contributed by atoms with E-state index in [0.717, 1.165) is 17.7 Å². The summed E-state index contributed by atoms with van der Waals surface area (Å²) in [6.45, 7) is 1.73. The molecule has 2 heterocycles. The van der Waals surface area contributed by atoms with Gasteiger partial charge in [0, 0.05) is 23.3 Å². The number of nitrogens with zero attached hydrogens (tertiary/aromatic N) is 3. The SMILES string of the molecule is Cc1ccc(NC(=O)OCc2cn(-c3cc4cc(C(=O)O)c(=O)[nH]c4cc3[N+](=O)[O-])cn2)cc1. The van der Waals surface area contributed by atoms with E-state index in [1.807, 2.05) is 19.1 Å². The molecule has 2 aromatic carbocycles. The summed E-state index contributed by atoms with van der Waals surface area (Å²) >= 11 is 0. The molecule has 0 bridgehead atoms. The van der Waals surface area contributed by atoms with E-state index in [4.69, 9.17) is 4.74 Å². The molecule has 4 aromatic rings. The number of nitro groups is 1. The number of fused-ring (bicyclic) bond motifs is 1. The van der Waals surface area contributed by atoms with Crippen LogP contribution in [-0.4, -0.2) is 36.6 Å². The van der Waals surface area contributed by atoms with Gasteiger partial charge in [-0.2, -0.15) is 0 Å². The molecule has 0 fully saturated rings. The summed E-state index contributed by atoms with van der Waals surface area (Å²) < 4.78 is 6.50. The average Bonchev–Trinajstić information content (AvgIpc) is 3.26. The van der Waals surface area contributed by atoms with Gasteiger partial charge in [-0.1, -0.05) is 17.7 Å². The number of ether oxygens (including phenoxy) is 1. The molecule has 0 aliphatic rings. The highest BCUT2D eigenvalue weighted by Crippen LogP contribution is 2.28. The number of pyridine rings is 1. The number of aromatic nitrogens is 3. The van der Waals surface area contributed by atoms with Crippen molar-refractivity contribution in [2.75, 3.05) is 5.32 Å². The molecule has 0 unspecified atom stereocenters. The van der Waals surface area contributed by atoms with E-state index >= 15 is 0 Å². The van der Waals surface area contributed by atoms with E-state index in [1.54, 1.807) is 12.1 Å². The third-order valence-electron chi connectivity index (χ3n) is 4.93. The van der Waals surface area contributed by atoms with Crippen LogP contribution in [0.15, 0.2) is 59.8 Å². The van der Waals surface area contributed by atoms with Crippen molar-refractivity contribution >= 4 is 34.3 Å². The highest BCUT2D eigenvalue weighted by Gasteiger charge is 2.20. The summed E-state index contributed by atoms with van der Waals surface area (Å²) in [5.74, 6) is -1.42. The summed E-state index contributed by atoms with van der Waals surface area (Å²) in [6, 6.07) is 10.8. The number of imidazole rings is 1. The molecule has 0 atom stereocenters. The largest absolute Gasteiger partial charge is 0.477 e. The number of aromatic carboxylic acids is 1. The Morgan fingerprint density at radius 3 is 2.65 bits per heavy atom. The van der Waals surface area contributed by atoms with Gasteiger partial charge in [-0.15, -0.1) is 0 Å². The third-order valence-corrected chi connectivity index (χ3v) is 4.93. The standard InChI is InChI=1S/C22H17N5O7/c1-12-2-4-14(5-3-12)24-22(31)34-10-15-9-26(11-23-15)18-7-13-6-16(21(29)30)20(28)25-17(13)8-19(18)27(32)33/h2-9,11H,10H2,1H3,(H,24,31)(H,25,28)(H,29,30). The Kier molecular flexibility index (Phi) is 5.79. The minimum absolute atomic E-state index is 0.0868. The smallest absolute Gasteiger partial charge is 0.412 e. The first-order chi connectivity index (χ1) is 16.2. The average molecular weight is 463 g/mol. The molecule has 4 rings (SSSR count). The molecule has 0 saturated carbocycles. The molecule has 12 heteroatoms. The van der Waals surface area contributed by atoms with Crippen LogP contribution in [0.2, 0.25) is 0 Å². The van der Waals surface area contributed by atoms with E-state index < -0.39 is 28.1 Å². The molecule has 0 aliphatic heterocycles. The zero-order valence-corrected chi connectivity index (χ0v) is 17.6. The van der Waals surface area contributed by atoms with Gasteiger partial charge < -0.3 is 14.8 Å². The van der Waals surface area contributed by atoms with Crippen LogP contribution in [0.4, 0.5) is 16.2 Å². The number of carbonyl (C=O) groups is 2. The number of carboxylic acids is 1. The van der Waals surface area contributed by atoms with Crippen molar-refractivity contribution in [2.45, 2.75) is 13.5 Å². The summed E-state index contributed by atoms with van der Waals surface area (Å²) in [7, 11) is 0. The molecule has 0 aliphatic carbocycles. The van der Waals surface area contributed by atoms with E-state index in [2.05, 4.69) is 15.3 Å². The lowest BCUT2D eigenvalue weighted by molar-refractivity contribution is -0.384. The molecule has 2 aromatic heterocycles. The van der Waals surface area contributed by atoms with Crippen molar-refractivity contribution in [3.63, 3.8) is 0 Å². The number of hydrogen-bond donors (Lipinski definition) is 3. The minimum atomic E-state index is -1.42. The van der Waals surface area contributed by atoms with Crippen LogP contribution in [0.25, 0.3) is 16.6 Å². The van der Waals surface area contributed by atoms with Crippen LogP contribution in [0.5, 0.6) is 0 Å². The fourth-order valence-corrected chi connectivity index (χ4v) is 3.24. The number of rotatable bonds is 6.